The van der Waals surface area contributed by atoms with Gasteiger partial charge in [-0.1, -0.05) is 86.9 Å². The Kier molecular flexibility index (Phi) is 7.81. The lowest BCUT2D eigenvalue weighted by Crippen LogP contribution is -1.66. The summed E-state index contributed by atoms with van der Waals surface area (Å²) in [6, 6.07) is 11.2. The van der Waals surface area contributed by atoms with E-state index < -0.39 is 0 Å². The maximum atomic E-state index is 5.69. The molecule has 0 atom stereocenters. The van der Waals surface area contributed by atoms with E-state index in [1.54, 1.807) is 0 Å². The molecule has 0 aliphatic heterocycles. The Hall–Kier alpha value is 0.940. The molecule has 0 unspecified atom stereocenters. The second-order valence-corrected chi connectivity index (χ2v) is 7.71. The molecule has 0 saturated carbocycles. The molecule has 0 spiro atoms. The van der Waals surface area contributed by atoms with Gasteiger partial charge in [0.25, 0.3) is 0 Å². The van der Waals surface area contributed by atoms with Crippen molar-refractivity contribution in [1.29, 1.82) is 0 Å². The zero-order chi connectivity index (χ0) is 13.7. The van der Waals surface area contributed by atoms with Crippen molar-refractivity contribution in [2.75, 3.05) is 0 Å². The number of hydrogen-bond acceptors (Lipinski definition) is 0. The first kappa shape index (κ1) is 17.0. The van der Waals surface area contributed by atoms with Crippen molar-refractivity contribution in [2.24, 2.45) is 0 Å². The van der Waals surface area contributed by atoms with Gasteiger partial charge in [0.1, 0.15) is 0 Å². The topological polar surface area (TPSA) is 0 Å². The average Bonchev–Trinajstić information content (AvgIpc) is 2.12. The average molecular weight is 541 g/mol. The molecule has 18 heavy (non-hydrogen) atoms. The molecule has 2 rings (SSSR count). The van der Waals surface area contributed by atoms with E-state index >= 15 is 0 Å². The summed E-state index contributed by atoms with van der Waals surface area (Å²) in [7, 11) is 0. The van der Waals surface area contributed by atoms with Crippen LogP contribution >= 0.6 is 86.9 Å². The van der Waals surface area contributed by atoms with Crippen LogP contribution in [0.4, 0.5) is 0 Å². The van der Waals surface area contributed by atoms with E-state index in [4.69, 9.17) is 23.2 Å². The Morgan fingerprint density at radius 3 is 0.889 bits per heavy atom. The second-order valence-electron chi connectivity index (χ2n) is 3.18. The third kappa shape index (κ3) is 6.92. The highest BCUT2D eigenvalue weighted by Gasteiger charge is 1.92. The minimum Gasteiger partial charge on any atom is -0.0843 e. The molecule has 2 aromatic carbocycles. The minimum absolute atomic E-state index is 0.733. The fourth-order valence-electron chi connectivity index (χ4n) is 1.04. The molecule has 0 saturated heterocycles. The van der Waals surface area contributed by atoms with Gasteiger partial charge < -0.3 is 0 Å². The maximum absolute atomic E-state index is 5.69. The van der Waals surface area contributed by atoms with Crippen LogP contribution in [0.2, 0.25) is 10.0 Å². The van der Waals surface area contributed by atoms with Crippen molar-refractivity contribution in [1.82, 2.24) is 0 Å². The van der Waals surface area contributed by atoms with Crippen LogP contribution in [0.25, 0.3) is 0 Å². The van der Waals surface area contributed by atoms with Gasteiger partial charge in [-0.05, 0) is 36.4 Å². The fourth-order valence-corrected chi connectivity index (χ4v) is 4.63. The van der Waals surface area contributed by atoms with E-state index in [9.17, 15) is 0 Å². The molecule has 0 amide bonds. The minimum atomic E-state index is 0.733. The quantitative estimate of drug-likeness (QED) is 0.321. The van der Waals surface area contributed by atoms with Crippen molar-refractivity contribution < 1.29 is 0 Å². The van der Waals surface area contributed by atoms with Gasteiger partial charge in [0.2, 0.25) is 0 Å². The molecular weight excluding hydrogens is 535 g/mol. The van der Waals surface area contributed by atoms with Crippen LogP contribution in [0.5, 0.6) is 0 Å². The van der Waals surface area contributed by atoms with Gasteiger partial charge in [0, 0.05) is 27.9 Å². The van der Waals surface area contributed by atoms with Crippen LogP contribution in [0.15, 0.2) is 54.3 Å². The molecule has 0 bridgehead atoms. The SMILES string of the molecule is Clc1cc(Br)cc(Br)c1.Clc1cc(Br)cc(Br)c1. The van der Waals surface area contributed by atoms with Gasteiger partial charge in [-0.25, -0.2) is 0 Å². The summed E-state index contributed by atoms with van der Waals surface area (Å²) in [6.07, 6.45) is 0. The van der Waals surface area contributed by atoms with Crippen LogP contribution in [-0.4, -0.2) is 0 Å². The highest BCUT2D eigenvalue weighted by atomic mass is 79.9. The fraction of sp³-hybridized carbons (Fsp3) is 0. The molecule has 0 aliphatic rings. The standard InChI is InChI=1S/2C6H3Br2Cl/c2*7-4-1-5(8)3-6(9)2-4/h2*1-3H. The zero-order valence-corrected chi connectivity index (χ0v) is 16.6. The van der Waals surface area contributed by atoms with Crippen LogP contribution in [0.3, 0.4) is 0 Å². The first-order valence-electron chi connectivity index (χ1n) is 4.60. The lowest BCUT2D eigenvalue weighted by molar-refractivity contribution is 1.60. The summed E-state index contributed by atoms with van der Waals surface area (Å²) in [5, 5.41) is 1.47. The normalized spacial score (nSPS) is 9.67. The molecule has 0 aromatic heterocycles. The van der Waals surface area contributed by atoms with E-state index in [2.05, 4.69) is 63.7 Å². The third-order valence-corrected chi connectivity index (χ3v) is 3.92. The third-order valence-electron chi connectivity index (χ3n) is 1.65. The summed E-state index contributed by atoms with van der Waals surface area (Å²) in [5.41, 5.74) is 0. The summed E-state index contributed by atoms with van der Waals surface area (Å²) in [6.45, 7) is 0. The largest absolute Gasteiger partial charge is 0.0843 e. The molecule has 0 fully saturated rings. The van der Waals surface area contributed by atoms with Gasteiger partial charge in [-0.3, -0.25) is 0 Å². The maximum Gasteiger partial charge on any atom is 0.0428 e. The lowest BCUT2D eigenvalue weighted by atomic mass is 10.4. The van der Waals surface area contributed by atoms with Gasteiger partial charge in [-0.2, -0.15) is 0 Å². The Morgan fingerprint density at radius 2 is 0.722 bits per heavy atom. The lowest BCUT2D eigenvalue weighted by Gasteiger charge is -1.92. The predicted octanol–water partition coefficient (Wildman–Crippen LogP) is 7.73. The summed E-state index contributed by atoms with van der Waals surface area (Å²) in [4.78, 5) is 0. The Bertz CT molecular complexity index is 393. The number of rotatable bonds is 0. The number of benzene rings is 2. The van der Waals surface area contributed by atoms with Crippen LogP contribution in [0, 0.1) is 0 Å². The summed E-state index contributed by atoms with van der Waals surface area (Å²) in [5.74, 6) is 0. The molecule has 6 heteroatoms. The van der Waals surface area contributed by atoms with Gasteiger partial charge in [0.15, 0.2) is 0 Å². The van der Waals surface area contributed by atoms with Gasteiger partial charge >= 0.3 is 0 Å². The molecule has 0 aliphatic carbocycles. The van der Waals surface area contributed by atoms with Crippen molar-refractivity contribution in [3.8, 4) is 0 Å². The van der Waals surface area contributed by atoms with E-state index in [-0.39, 0.29) is 0 Å². The van der Waals surface area contributed by atoms with Crippen molar-refractivity contribution in [3.63, 3.8) is 0 Å². The Morgan fingerprint density at radius 1 is 0.500 bits per heavy atom. The first-order chi connectivity index (χ1) is 8.36. The monoisotopic (exact) mass is 536 g/mol. The second kappa shape index (κ2) is 8.28. The molecule has 0 nitrogen and oxygen atoms in total. The summed E-state index contributed by atoms with van der Waals surface area (Å²) >= 11 is 24.6. The Labute approximate surface area is 150 Å². The molecular formula is C12H6Br4Cl2. The van der Waals surface area contributed by atoms with Crippen LogP contribution < -0.4 is 0 Å². The van der Waals surface area contributed by atoms with Crippen LogP contribution in [-0.2, 0) is 0 Å². The number of hydrogen-bond donors (Lipinski definition) is 0. The predicted molar refractivity (Wildman–Crippen MR) is 93.7 cm³/mol. The molecule has 0 N–H and O–H groups in total. The summed E-state index contributed by atoms with van der Waals surface area (Å²) < 4.78 is 3.95. The molecule has 2 aromatic rings. The molecule has 0 radical (unpaired) electrons. The van der Waals surface area contributed by atoms with E-state index in [1.165, 1.54) is 0 Å². The Balaban J connectivity index is 0.000000180. The van der Waals surface area contributed by atoms with Gasteiger partial charge in [-0.15, -0.1) is 0 Å². The van der Waals surface area contributed by atoms with E-state index in [0.29, 0.717) is 0 Å². The smallest absolute Gasteiger partial charge is 0.0428 e. The highest BCUT2D eigenvalue weighted by Crippen LogP contribution is 2.23. The highest BCUT2D eigenvalue weighted by molar-refractivity contribution is 9.11. The van der Waals surface area contributed by atoms with Crippen LogP contribution in [0.1, 0.15) is 0 Å². The first-order valence-corrected chi connectivity index (χ1v) is 8.53. The zero-order valence-electron chi connectivity index (χ0n) is 8.73. The van der Waals surface area contributed by atoms with Gasteiger partial charge in [0.05, 0.1) is 0 Å². The number of halogens is 6. The van der Waals surface area contributed by atoms with Crippen molar-refractivity contribution >= 4 is 86.9 Å². The molecule has 96 valence electrons. The van der Waals surface area contributed by atoms with E-state index in [1.807, 2.05) is 36.4 Å². The molecule has 0 heterocycles. The van der Waals surface area contributed by atoms with Crippen molar-refractivity contribution in [3.05, 3.63) is 64.3 Å². The van der Waals surface area contributed by atoms with E-state index in [0.717, 1.165) is 27.9 Å². The van der Waals surface area contributed by atoms with Crippen molar-refractivity contribution in [2.45, 2.75) is 0 Å².